The standard InChI is InChI=1S/C25H19ClN4OS/c26-23-24(31)29-20-13-7-8-14-21(20)32-22(15-25(23,29)17-9-3-1-4-10-17)19-16-27-30(28-19)18-11-5-2-6-12-18/h1-14,16,22-23H,15H2. The molecule has 3 aromatic carbocycles. The molecule has 0 bridgehead atoms. The van der Waals surface area contributed by atoms with Crippen molar-refractivity contribution in [2.24, 2.45) is 0 Å². The second-order valence-electron chi connectivity index (χ2n) is 8.00. The number of fused-ring (bicyclic) bond motifs is 3. The summed E-state index contributed by atoms with van der Waals surface area (Å²) in [5, 5.41) is 8.67. The van der Waals surface area contributed by atoms with Gasteiger partial charge in [0.1, 0.15) is 5.38 Å². The fourth-order valence-electron chi connectivity index (χ4n) is 4.70. The molecule has 4 aromatic rings. The van der Waals surface area contributed by atoms with Crippen LogP contribution in [-0.4, -0.2) is 26.3 Å². The van der Waals surface area contributed by atoms with E-state index < -0.39 is 10.9 Å². The summed E-state index contributed by atoms with van der Waals surface area (Å²) in [6.45, 7) is 0. The summed E-state index contributed by atoms with van der Waals surface area (Å²) in [7, 11) is 0. The van der Waals surface area contributed by atoms with Gasteiger partial charge in [0.15, 0.2) is 0 Å². The first kappa shape index (κ1) is 19.6. The molecule has 7 heteroatoms. The van der Waals surface area contributed by atoms with Crippen molar-refractivity contribution < 1.29 is 4.79 Å². The summed E-state index contributed by atoms with van der Waals surface area (Å²) in [6, 6.07) is 28.0. The van der Waals surface area contributed by atoms with E-state index in [1.807, 2.05) is 77.8 Å². The maximum Gasteiger partial charge on any atom is 0.248 e. The molecule has 1 aromatic heterocycles. The second-order valence-corrected chi connectivity index (χ2v) is 9.68. The lowest BCUT2D eigenvalue weighted by atomic mass is 9.73. The lowest BCUT2D eigenvalue weighted by molar-refractivity contribution is -0.127. The largest absolute Gasteiger partial charge is 0.298 e. The fraction of sp³-hybridized carbons (Fsp3) is 0.160. The van der Waals surface area contributed by atoms with Gasteiger partial charge in [-0.2, -0.15) is 15.0 Å². The molecule has 5 nitrogen and oxygen atoms in total. The number of alkyl halides is 1. The van der Waals surface area contributed by atoms with Crippen molar-refractivity contribution in [3.05, 3.63) is 102 Å². The number of anilines is 1. The van der Waals surface area contributed by atoms with E-state index >= 15 is 0 Å². The third-order valence-corrected chi connectivity index (χ3v) is 8.07. The minimum Gasteiger partial charge on any atom is -0.298 e. The molecular formula is C25H19ClN4OS. The van der Waals surface area contributed by atoms with Crippen LogP contribution in [-0.2, 0) is 10.3 Å². The van der Waals surface area contributed by atoms with Crippen LogP contribution in [0.2, 0.25) is 0 Å². The highest BCUT2D eigenvalue weighted by Crippen LogP contribution is 2.59. The summed E-state index contributed by atoms with van der Waals surface area (Å²) >= 11 is 8.53. The van der Waals surface area contributed by atoms with E-state index in [9.17, 15) is 4.79 Å². The first-order chi connectivity index (χ1) is 15.7. The lowest BCUT2D eigenvalue weighted by Crippen LogP contribution is -2.70. The predicted octanol–water partition coefficient (Wildman–Crippen LogP) is 5.35. The molecule has 1 amide bonds. The maximum atomic E-state index is 13.1. The highest BCUT2D eigenvalue weighted by atomic mass is 35.5. The zero-order valence-electron chi connectivity index (χ0n) is 17.0. The van der Waals surface area contributed by atoms with Gasteiger partial charge in [-0.15, -0.1) is 23.4 Å². The zero-order chi connectivity index (χ0) is 21.7. The Morgan fingerprint density at radius 3 is 2.41 bits per heavy atom. The summed E-state index contributed by atoms with van der Waals surface area (Å²) in [5.74, 6) is -0.0582. The number of halogens is 1. The van der Waals surface area contributed by atoms with Gasteiger partial charge in [-0.1, -0.05) is 60.7 Å². The molecule has 6 rings (SSSR count). The van der Waals surface area contributed by atoms with Gasteiger partial charge in [0.2, 0.25) is 5.91 Å². The van der Waals surface area contributed by atoms with Crippen molar-refractivity contribution in [1.82, 2.24) is 15.0 Å². The number of benzene rings is 3. The van der Waals surface area contributed by atoms with Crippen molar-refractivity contribution in [1.29, 1.82) is 0 Å². The quantitative estimate of drug-likeness (QED) is 0.306. The first-order valence-corrected chi connectivity index (χ1v) is 11.8. The van der Waals surface area contributed by atoms with Crippen molar-refractivity contribution in [2.75, 3.05) is 4.90 Å². The van der Waals surface area contributed by atoms with Crippen LogP contribution in [0.3, 0.4) is 0 Å². The average molecular weight is 459 g/mol. The average Bonchev–Trinajstić information content (AvgIpc) is 3.30. The first-order valence-electron chi connectivity index (χ1n) is 10.5. The number of amides is 1. The van der Waals surface area contributed by atoms with Crippen LogP contribution in [0.5, 0.6) is 0 Å². The van der Waals surface area contributed by atoms with Gasteiger partial charge in [0.25, 0.3) is 0 Å². The number of thioether (sulfide) groups is 1. The number of nitrogens with zero attached hydrogens (tertiary/aromatic N) is 4. The predicted molar refractivity (Wildman–Crippen MR) is 126 cm³/mol. The van der Waals surface area contributed by atoms with E-state index in [1.54, 1.807) is 16.6 Å². The monoisotopic (exact) mass is 458 g/mol. The van der Waals surface area contributed by atoms with E-state index in [1.165, 1.54) is 0 Å². The molecule has 0 aliphatic carbocycles. The van der Waals surface area contributed by atoms with Crippen molar-refractivity contribution in [2.45, 2.75) is 27.5 Å². The number of rotatable bonds is 3. The van der Waals surface area contributed by atoms with Crippen LogP contribution in [0, 0.1) is 0 Å². The van der Waals surface area contributed by atoms with Crippen LogP contribution in [0.1, 0.15) is 22.9 Å². The topological polar surface area (TPSA) is 51.0 Å². The Morgan fingerprint density at radius 1 is 0.938 bits per heavy atom. The molecule has 0 spiro atoms. The van der Waals surface area contributed by atoms with Crippen LogP contribution in [0.15, 0.2) is 96.0 Å². The molecule has 2 aliphatic rings. The number of carbonyl (C=O) groups excluding carboxylic acids is 1. The summed E-state index contributed by atoms with van der Waals surface area (Å²) in [6.07, 6.45) is 2.47. The fourth-order valence-corrected chi connectivity index (χ4v) is 6.42. The highest BCUT2D eigenvalue weighted by Gasteiger charge is 2.63. The highest BCUT2D eigenvalue weighted by molar-refractivity contribution is 7.99. The Morgan fingerprint density at radius 2 is 1.62 bits per heavy atom. The minimum atomic E-state index is -0.638. The van der Waals surface area contributed by atoms with E-state index in [4.69, 9.17) is 16.7 Å². The Hall–Kier alpha value is -3.09. The van der Waals surface area contributed by atoms with E-state index in [0.717, 1.165) is 27.5 Å². The number of aromatic nitrogens is 3. The van der Waals surface area contributed by atoms with Gasteiger partial charge in [-0.25, -0.2) is 0 Å². The van der Waals surface area contributed by atoms with Crippen LogP contribution in [0.25, 0.3) is 5.69 Å². The molecule has 158 valence electrons. The number of carbonyl (C=O) groups is 1. The number of para-hydroxylation sites is 2. The molecule has 1 saturated heterocycles. The Balaban J connectivity index is 1.49. The molecule has 3 heterocycles. The summed E-state index contributed by atoms with van der Waals surface area (Å²) < 4.78 is 0. The molecular weight excluding hydrogens is 440 g/mol. The summed E-state index contributed by atoms with van der Waals surface area (Å²) in [5.41, 5.74) is 3.08. The van der Waals surface area contributed by atoms with E-state index in [0.29, 0.717) is 6.42 Å². The number of hydrogen-bond acceptors (Lipinski definition) is 4. The summed E-state index contributed by atoms with van der Waals surface area (Å²) in [4.78, 5) is 17.7. The van der Waals surface area contributed by atoms with Gasteiger partial charge in [-0.3, -0.25) is 9.69 Å². The molecule has 32 heavy (non-hydrogen) atoms. The van der Waals surface area contributed by atoms with Crippen LogP contribution >= 0.6 is 23.4 Å². The maximum absolute atomic E-state index is 13.1. The lowest BCUT2D eigenvalue weighted by Gasteiger charge is -2.55. The van der Waals surface area contributed by atoms with Gasteiger partial charge in [0, 0.05) is 4.90 Å². The molecule has 3 unspecified atom stereocenters. The normalized spacial score (nSPS) is 24.3. The third-order valence-electron chi connectivity index (χ3n) is 6.23. The molecule has 0 saturated carbocycles. The molecule has 3 atom stereocenters. The van der Waals surface area contributed by atoms with E-state index in [2.05, 4.69) is 23.3 Å². The second kappa shape index (κ2) is 7.50. The third kappa shape index (κ3) is 2.83. The smallest absolute Gasteiger partial charge is 0.248 e. The number of hydrogen-bond donors (Lipinski definition) is 0. The van der Waals surface area contributed by atoms with E-state index in [-0.39, 0.29) is 11.2 Å². The Bertz CT molecular complexity index is 1300. The van der Waals surface area contributed by atoms with Gasteiger partial charge in [0.05, 0.1) is 34.1 Å². The molecule has 2 aliphatic heterocycles. The Labute approximate surface area is 195 Å². The van der Waals surface area contributed by atoms with Gasteiger partial charge >= 0.3 is 0 Å². The molecule has 0 N–H and O–H groups in total. The van der Waals surface area contributed by atoms with Crippen LogP contribution < -0.4 is 4.90 Å². The van der Waals surface area contributed by atoms with Crippen LogP contribution in [0.4, 0.5) is 5.69 Å². The minimum absolute atomic E-state index is 0.0202. The van der Waals surface area contributed by atoms with Gasteiger partial charge < -0.3 is 0 Å². The van der Waals surface area contributed by atoms with Crippen molar-refractivity contribution in [3.8, 4) is 5.69 Å². The molecule has 1 fully saturated rings. The van der Waals surface area contributed by atoms with Gasteiger partial charge in [-0.05, 0) is 36.2 Å². The number of β-lactam (4-membered cyclic amide) rings is 1. The molecule has 0 radical (unpaired) electrons. The Kier molecular flexibility index (Phi) is 4.59. The van der Waals surface area contributed by atoms with Crippen molar-refractivity contribution >= 4 is 35.0 Å². The SMILES string of the molecule is O=C1C(Cl)C2(c3ccccc3)CC(c3cnn(-c4ccccc4)n3)Sc3ccccc3N12. The van der Waals surface area contributed by atoms with Crippen molar-refractivity contribution in [3.63, 3.8) is 0 Å². The zero-order valence-corrected chi connectivity index (χ0v) is 18.6.